The number of halogens is 1. The topological polar surface area (TPSA) is 29.1 Å². The Morgan fingerprint density at radius 1 is 1.38 bits per heavy atom. The van der Waals surface area contributed by atoms with Crippen molar-refractivity contribution in [2.45, 2.75) is 30.7 Å². The first-order valence-corrected chi connectivity index (χ1v) is 7.14. The molecule has 2 atom stereocenters. The van der Waals surface area contributed by atoms with E-state index in [1.165, 1.54) is 0 Å². The number of rotatable bonds is 6. The first-order chi connectivity index (χ1) is 7.63. The molecule has 0 bridgehead atoms. The van der Waals surface area contributed by atoms with Crippen LogP contribution in [0.15, 0.2) is 29.2 Å². The van der Waals surface area contributed by atoms with Gasteiger partial charge in [0.15, 0.2) is 0 Å². The summed E-state index contributed by atoms with van der Waals surface area (Å²) in [6.07, 6.45) is 2.02. The smallest absolute Gasteiger partial charge is 0.0529 e. The molecule has 2 unspecified atom stereocenters. The zero-order valence-electron chi connectivity index (χ0n) is 9.70. The standard InChI is InChI=1S/C12H18ClNOS/c1-10(14-2)4-3-9-16(15)12-7-5-11(13)6-8-12/h5-8,10,14H,3-4,9H2,1-2H3. The molecule has 4 heteroatoms. The van der Waals surface area contributed by atoms with Crippen LogP contribution in [0.5, 0.6) is 0 Å². The Morgan fingerprint density at radius 2 is 2.00 bits per heavy atom. The van der Waals surface area contributed by atoms with Crippen molar-refractivity contribution in [3.63, 3.8) is 0 Å². The van der Waals surface area contributed by atoms with Gasteiger partial charge in [0.2, 0.25) is 0 Å². The Kier molecular flexibility index (Phi) is 6.03. The number of nitrogens with one attached hydrogen (secondary N) is 1. The van der Waals surface area contributed by atoms with E-state index >= 15 is 0 Å². The van der Waals surface area contributed by atoms with E-state index in [0.717, 1.165) is 17.7 Å². The molecule has 0 fully saturated rings. The fourth-order valence-electron chi connectivity index (χ4n) is 1.37. The highest BCUT2D eigenvalue weighted by Gasteiger charge is 2.05. The van der Waals surface area contributed by atoms with Crippen LogP contribution in [0.1, 0.15) is 19.8 Å². The van der Waals surface area contributed by atoms with Crippen molar-refractivity contribution in [1.82, 2.24) is 5.32 Å². The van der Waals surface area contributed by atoms with Crippen molar-refractivity contribution in [1.29, 1.82) is 0 Å². The molecule has 1 N–H and O–H groups in total. The summed E-state index contributed by atoms with van der Waals surface area (Å²) in [5.74, 6) is 0.716. The van der Waals surface area contributed by atoms with E-state index in [1.54, 1.807) is 12.1 Å². The predicted molar refractivity (Wildman–Crippen MR) is 70.5 cm³/mol. The molecule has 0 spiro atoms. The molecular formula is C12H18ClNOS. The average molecular weight is 260 g/mol. The third-order valence-electron chi connectivity index (χ3n) is 2.54. The van der Waals surface area contributed by atoms with Crippen LogP contribution in [0.25, 0.3) is 0 Å². The fourth-order valence-corrected chi connectivity index (χ4v) is 2.60. The van der Waals surface area contributed by atoms with E-state index in [-0.39, 0.29) is 0 Å². The van der Waals surface area contributed by atoms with Crippen LogP contribution in [0.2, 0.25) is 5.02 Å². The summed E-state index contributed by atoms with van der Waals surface area (Å²) in [4.78, 5) is 0.863. The van der Waals surface area contributed by atoms with Crippen LogP contribution in [-0.4, -0.2) is 23.1 Å². The van der Waals surface area contributed by atoms with E-state index in [4.69, 9.17) is 11.6 Å². The van der Waals surface area contributed by atoms with Gasteiger partial charge in [-0.05, 0) is 51.1 Å². The van der Waals surface area contributed by atoms with Gasteiger partial charge >= 0.3 is 0 Å². The molecule has 2 nitrogen and oxygen atoms in total. The van der Waals surface area contributed by atoms with E-state index in [1.807, 2.05) is 19.2 Å². The monoisotopic (exact) mass is 259 g/mol. The van der Waals surface area contributed by atoms with Crippen molar-refractivity contribution >= 4 is 22.4 Å². The van der Waals surface area contributed by atoms with E-state index in [0.29, 0.717) is 16.8 Å². The van der Waals surface area contributed by atoms with Crippen molar-refractivity contribution in [3.8, 4) is 0 Å². The molecule has 0 aliphatic carbocycles. The normalized spacial score (nSPS) is 14.7. The molecule has 0 radical (unpaired) electrons. The summed E-state index contributed by atoms with van der Waals surface area (Å²) < 4.78 is 11.9. The molecule has 1 aromatic carbocycles. The predicted octanol–water partition coefficient (Wildman–Crippen LogP) is 2.84. The van der Waals surface area contributed by atoms with Crippen LogP contribution in [0.3, 0.4) is 0 Å². The molecule has 0 saturated heterocycles. The average Bonchev–Trinajstić information content (AvgIpc) is 2.29. The summed E-state index contributed by atoms with van der Waals surface area (Å²) in [5.41, 5.74) is 0. The lowest BCUT2D eigenvalue weighted by Crippen LogP contribution is -2.21. The molecule has 0 saturated carbocycles. The Bertz CT molecular complexity index is 339. The van der Waals surface area contributed by atoms with Gasteiger partial charge in [-0.2, -0.15) is 0 Å². The molecule has 0 heterocycles. The Hall–Kier alpha value is -0.380. The van der Waals surface area contributed by atoms with Gasteiger partial charge in [0.25, 0.3) is 0 Å². The second-order valence-electron chi connectivity index (χ2n) is 3.84. The lowest BCUT2D eigenvalue weighted by atomic mass is 10.2. The molecule has 0 aromatic heterocycles. The largest absolute Gasteiger partial charge is 0.317 e. The second-order valence-corrected chi connectivity index (χ2v) is 5.84. The molecule has 16 heavy (non-hydrogen) atoms. The quantitative estimate of drug-likeness (QED) is 0.851. The van der Waals surface area contributed by atoms with Crippen LogP contribution in [0, 0.1) is 0 Å². The van der Waals surface area contributed by atoms with Gasteiger partial charge < -0.3 is 5.32 Å². The number of hydrogen-bond acceptors (Lipinski definition) is 2. The molecule has 0 amide bonds. The maximum absolute atomic E-state index is 11.9. The number of hydrogen-bond donors (Lipinski definition) is 1. The fraction of sp³-hybridized carbons (Fsp3) is 0.500. The lowest BCUT2D eigenvalue weighted by Gasteiger charge is -2.09. The van der Waals surface area contributed by atoms with E-state index in [2.05, 4.69) is 12.2 Å². The molecule has 0 aliphatic heterocycles. The van der Waals surface area contributed by atoms with Gasteiger partial charge in [-0.15, -0.1) is 0 Å². The third kappa shape index (κ3) is 4.64. The number of benzene rings is 1. The van der Waals surface area contributed by atoms with Crippen molar-refractivity contribution in [2.75, 3.05) is 12.8 Å². The van der Waals surface area contributed by atoms with Gasteiger partial charge in [0.1, 0.15) is 0 Å². The molecule has 1 aromatic rings. The summed E-state index contributed by atoms with van der Waals surface area (Å²) in [6, 6.07) is 7.72. The zero-order valence-corrected chi connectivity index (χ0v) is 11.3. The maximum atomic E-state index is 11.9. The second kappa shape index (κ2) is 7.05. The first-order valence-electron chi connectivity index (χ1n) is 5.44. The van der Waals surface area contributed by atoms with E-state index in [9.17, 15) is 4.21 Å². The van der Waals surface area contributed by atoms with Gasteiger partial charge in [0, 0.05) is 21.7 Å². The first kappa shape index (κ1) is 13.7. The van der Waals surface area contributed by atoms with Gasteiger partial charge in [-0.25, -0.2) is 0 Å². The van der Waals surface area contributed by atoms with Gasteiger partial charge in [-0.3, -0.25) is 4.21 Å². The summed E-state index contributed by atoms with van der Waals surface area (Å²) in [6.45, 7) is 2.13. The van der Waals surface area contributed by atoms with Crippen molar-refractivity contribution in [2.24, 2.45) is 0 Å². The minimum absolute atomic E-state index is 0.488. The summed E-state index contributed by atoms with van der Waals surface area (Å²) in [5, 5.41) is 3.85. The zero-order chi connectivity index (χ0) is 12.0. The Balaban J connectivity index is 2.38. The molecular weight excluding hydrogens is 242 g/mol. The summed E-state index contributed by atoms with van der Waals surface area (Å²) in [7, 11) is 1.05. The maximum Gasteiger partial charge on any atom is 0.0529 e. The van der Waals surface area contributed by atoms with Crippen LogP contribution >= 0.6 is 11.6 Å². The van der Waals surface area contributed by atoms with Crippen LogP contribution < -0.4 is 5.32 Å². The molecule has 90 valence electrons. The minimum atomic E-state index is -0.897. The highest BCUT2D eigenvalue weighted by molar-refractivity contribution is 7.85. The van der Waals surface area contributed by atoms with Gasteiger partial charge in [0.05, 0.1) is 10.8 Å². The van der Waals surface area contributed by atoms with Crippen LogP contribution in [-0.2, 0) is 10.8 Å². The van der Waals surface area contributed by atoms with E-state index < -0.39 is 10.8 Å². The third-order valence-corrected chi connectivity index (χ3v) is 4.25. The van der Waals surface area contributed by atoms with Crippen LogP contribution in [0.4, 0.5) is 0 Å². The summed E-state index contributed by atoms with van der Waals surface area (Å²) >= 11 is 5.77. The lowest BCUT2D eigenvalue weighted by molar-refractivity contribution is 0.557. The van der Waals surface area contributed by atoms with Gasteiger partial charge in [-0.1, -0.05) is 11.6 Å². The minimum Gasteiger partial charge on any atom is -0.317 e. The SMILES string of the molecule is CNC(C)CCCS(=O)c1ccc(Cl)cc1. The Labute approximate surface area is 105 Å². The van der Waals surface area contributed by atoms with Crippen molar-refractivity contribution < 1.29 is 4.21 Å². The van der Waals surface area contributed by atoms with Crippen molar-refractivity contribution in [3.05, 3.63) is 29.3 Å². The molecule has 0 aliphatic rings. The Morgan fingerprint density at radius 3 is 2.56 bits per heavy atom. The highest BCUT2D eigenvalue weighted by Crippen LogP contribution is 2.13. The highest BCUT2D eigenvalue weighted by atomic mass is 35.5. The molecule has 1 rings (SSSR count).